The van der Waals surface area contributed by atoms with Gasteiger partial charge in [0.15, 0.2) is 0 Å². The smallest absolute Gasteiger partial charge is 0.125 e. The topological polar surface area (TPSA) is 29.5 Å². The molecule has 1 aromatic carbocycles. The van der Waals surface area contributed by atoms with Gasteiger partial charge in [0.1, 0.15) is 5.75 Å². The Morgan fingerprint density at radius 3 is 2.69 bits per heavy atom. The van der Waals surface area contributed by atoms with Gasteiger partial charge in [0.05, 0.1) is 12.7 Å². The Labute approximate surface area is 97.3 Å². The zero-order chi connectivity index (χ0) is 11.4. The maximum absolute atomic E-state index is 9.29. The number of aliphatic hydroxyl groups is 1. The van der Waals surface area contributed by atoms with E-state index >= 15 is 0 Å². The van der Waals surface area contributed by atoms with Gasteiger partial charge < -0.3 is 9.84 Å². The van der Waals surface area contributed by atoms with Gasteiger partial charge in [-0.25, -0.2) is 0 Å². The highest BCUT2D eigenvalue weighted by molar-refractivity contribution is 5.36. The van der Waals surface area contributed by atoms with E-state index in [9.17, 15) is 5.11 Å². The lowest BCUT2D eigenvalue weighted by atomic mass is 9.97. The Morgan fingerprint density at radius 1 is 1.25 bits per heavy atom. The summed E-state index contributed by atoms with van der Waals surface area (Å²) in [6, 6.07) is 6.02. The molecule has 0 radical (unpaired) electrons. The number of aryl methyl sites for hydroxylation is 1. The molecule has 0 unspecified atom stereocenters. The number of aliphatic hydroxyl groups excluding tert-OH is 1. The van der Waals surface area contributed by atoms with E-state index in [4.69, 9.17) is 4.74 Å². The molecule has 1 N–H and O–H groups in total. The average Bonchev–Trinajstić information content (AvgIpc) is 2.33. The largest absolute Gasteiger partial charge is 0.490 e. The summed E-state index contributed by atoms with van der Waals surface area (Å²) in [5.74, 6) is 0.861. The van der Waals surface area contributed by atoms with Crippen molar-refractivity contribution in [1.29, 1.82) is 0 Å². The molecule has 1 aromatic rings. The van der Waals surface area contributed by atoms with Gasteiger partial charge >= 0.3 is 0 Å². The molecule has 2 nitrogen and oxygen atoms in total. The number of ether oxygens (including phenoxy) is 1. The quantitative estimate of drug-likeness (QED) is 0.847. The van der Waals surface area contributed by atoms with Gasteiger partial charge in [0, 0.05) is 5.56 Å². The van der Waals surface area contributed by atoms with Crippen molar-refractivity contribution in [2.45, 2.75) is 51.7 Å². The highest BCUT2D eigenvalue weighted by Crippen LogP contribution is 2.26. The lowest BCUT2D eigenvalue weighted by Crippen LogP contribution is -2.20. The molecule has 2 heteroatoms. The Hall–Kier alpha value is -1.02. The first-order valence-electron chi connectivity index (χ1n) is 6.16. The van der Waals surface area contributed by atoms with Gasteiger partial charge in [-0.2, -0.15) is 0 Å². The minimum atomic E-state index is 0.0593. The summed E-state index contributed by atoms with van der Waals surface area (Å²) in [6.07, 6.45) is 6.52. The molecule has 0 aromatic heterocycles. The Morgan fingerprint density at radius 2 is 2.00 bits per heavy atom. The first-order valence-corrected chi connectivity index (χ1v) is 6.16. The maximum Gasteiger partial charge on any atom is 0.125 e. The van der Waals surface area contributed by atoms with Crippen molar-refractivity contribution >= 4 is 0 Å². The van der Waals surface area contributed by atoms with E-state index in [2.05, 4.69) is 0 Å². The molecule has 1 aliphatic rings. The highest BCUT2D eigenvalue weighted by atomic mass is 16.5. The molecule has 0 atom stereocenters. The van der Waals surface area contributed by atoms with E-state index in [1.807, 2.05) is 25.1 Å². The third-order valence-electron chi connectivity index (χ3n) is 3.23. The third-order valence-corrected chi connectivity index (χ3v) is 3.23. The fourth-order valence-corrected chi connectivity index (χ4v) is 2.31. The van der Waals surface area contributed by atoms with Crippen LogP contribution in [-0.2, 0) is 6.61 Å². The highest BCUT2D eigenvalue weighted by Gasteiger charge is 2.16. The number of benzene rings is 1. The Balaban J connectivity index is 2.07. The summed E-state index contributed by atoms with van der Waals surface area (Å²) in [4.78, 5) is 0. The lowest BCUT2D eigenvalue weighted by Gasteiger charge is -2.24. The van der Waals surface area contributed by atoms with E-state index < -0.39 is 0 Å². The zero-order valence-electron chi connectivity index (χ0n) is 9.91. The lowest BCUT2D eigenvalue weighted by molar-refractivity contribution is 0.150. The molecule has 0 saturated heterocycles. The van der Waals surface area contributed by atoms with Crippen LogP contribution < -0.4 is 4.74 Å². The number of rotatable bonds is 3. The summed E-state index contributed by atoms with van der Waals surface area (Å²) in [5.41, 5.74) is 2.07. The van der Waals surface area contributed by atoms with Crippen molar-refractivity contribution in [3.8, 4) is 5.75 Å². The van der Waals surface area contributed by atoms with Crippen molar-refractivity contribution in [2.24, 2.45) is 0 Å². The van der Waals surface area contributed by atoms with Crippen LogP contribution in [0.1, 0.15) is 43.2 Å². The molecule has 0 amide bonds. The van der Waals surface area contributed by atoms with Crippen molar-refractivity contribution in [1.82, 2.24) is 0 Å². The Bertz CT molecular complexity index is 341. The van der Waals surface area contributed by atoms with E-state index in [0.717, 1.165) is 24.2 Å². The predicted octanol–water partition coefficient (Wildman–Crippen LogP) is 3.20. The van der Waals surface area contributed by atoms with Crippen LogP contribution in [0.15, 0.2) is 18.2 Å². The maximum atomic E-state index is 9.29. The van der Waals surface area contributed by atoms with Gasteiger partial charge in [-0.1, -0.05) is 24.1 Å². The normalized spacial score (nSPS) is 17.4. The van der Waals surface area contributed by atoms with Gasteiger partial charge in [-0.3, -0.25) is 0 Å². The standard InChI is InChI=1S/C14H20O2/c1-11-7-8-14(12(9-11)10-15)16-13-5-3-2-4-6-13/h7-9,13,15H,2-6,10H2,1H3. The molecule has 0 aliphatic heterocycles. The Kier molecular flexibility index (Phi) is 3.83. The molecule has 2 rings (SSSR count). The molecule has 16 heavy (non-hydrogen) atoms. The summed E-state index contributed by atoms with van der Waals surface area (Å²) >= 11 is 0. The van der Waals surface area contributed by atoms with E-state index in [0.29, 0.717) is 6.10 Å². The zero-order valence-corrected chi connectivity index (χ0v) is 9.91. The van der Waals surface area contributed by atoms with Crippen molar-refractivity contribution in [2.75, 3.05) is 0 Å². The second-order valence-corrected chi connectivity index (χ2v) is 4.65. The fraction of sp³-hybridized carbons (Fsp3) is 0.571. The summed E-state index contributed by atoms with van der Waals surface area (Å²) < 4.78 is 5.97. The first kappa shape index (κ1) is 11.5. The van der Waals surface area contributed by atoms with Crippen LogP contribution in [0.3, 0.4) is 0 Å². The van der Waals surface area contributed by atoms with Gasteiger partial charge in [-0.05, 0) is 38.7 Å². The minimum Gasteiger partial charge on any atom is -0.490 e. The van der Waals surface area contributed by atoms with Crippen LogP contribution >= 0.6 is 0 Å². The fourth-order valence-electron chi connectivity index (χ4n) is 2.31. The van der Waals surface area contributed by atoms with Crippen molar-refractivity contribution < 1.29 is 9.84 Å². The molecular weight excluding hydrogens is 200 g/mol. The second-order valence-electron chi connectivity index (χ2n) is 4.65. The van der Waals surface area contributed by atoms with Crippen LogP contribution in [0.5, 0.6) is 5.75 Å². The molecule has 1 aliphatic carbocycles. The monoisotopic (exact) mass is 220 g/mol. The summed E-state index contributed by atoms with van der Waals surface area (Å²) in [7, 11) is 0. The molecule has 88 valence electrons. The van der Waals surface area contributed by atoms with Crippen molar-refractivity contribution in [3.63, 3.8) is 0 Å². The molecule has 0 spiro atoms. The van der Waals surface area contributed by atoms with E-state index in [-0.39, 0.29) is 6.61 Å². The van der Waals surface area contributed by atoms with Crippen LogP contribution in [0, 0.1) is 6.92 Å². The third kappa shape index (κ3) is 2.76. The average molecular weight is 220 g/mol. The molecule has 0 heterocycles. The minimum absolute atomic E-state index is 0.0593. The predicted molar refractivity (Wildman–Crippen MR) is 64.6 cm³/mol. The van der Waals surface area contributed by atoms with Gasteiger partial charge in [0.25, 0.3) is 0 Å². The molecule has 0 bridgehead atoms. The van der Waals surface area contributed by atoms with E-state index in [1.165, 1.54) is 24.8 Å². The SMILES string of the molecule is Cc1ccc(OC2CCCCC2)c(CO)c1. The van der Waals surface area contributed by atoms with Crippen LogP contribution in [0.25, 0.3) is 0 Å². The van der Waals surface area contributed by atoms with E-state index in [1.54, 1.807) is 0 Å². The number of hydrogen-bond acceptors (Lipinski definition) is 2. The van der Waals surface area contributed by atoms with Gasteiger partial charge in [0.2, 0.25) is 0 Å². The summed E-state index contributed by atoms with van der Waals surface area (Å²) in [5, 5.41) is 9.29. The van der Waals surface area contributed by atoms with Crippen molar-refractivity contribution in [3.05, 3.63) is 29.3 Å². The second kappa shape index (κ2) is 5.35. The van der Waals surface area contributed by atoms with Crippen LogP contribution in [-0.4, -0.2) is 11.2 Å². The molecule has 1 fully saturated rings. The van der Waals surface area contributed by atoms with Crippen LogP contribution in [0.2, 0.25) is 0 Å². The molecular formula is C14H20O2. The van der Waals surface area contributed by atoms with Crippen LogP contribution in [0.4, 0.5) is 0 Å². The first-order chi connectivity index (χ1) is 7.79. The number of hydrogen-bond donors (Lipinski definition) is 1. The van der Waals surface area contributed by atoms with Gasteiger partial charge in [-0.15, -0.1) is 0 Å². The summed E-state index contributed by atoms with van der Waals surface area (Å²) in [6.45, 7) is 2.09. The molecule has 1 saturated carbocycles.